The van der Waals surface area contributed by atoms with E-state index in [0.717, 1.165) is 10.9 Å². The van der Waals surface area contributed by atoms with Crippen LogP contribution in [0.5, 0.6) is 0 Å². The Kier molecular flexibility index (Phi) is 3.74. The van der Waals surface area contributed by atoms with E-state index in [2.05, 4.69) is 20.5 Å². The highest BCUT2D eigenvalue weighted by atomic mass is 16.1. The maximum Gasteiger partial charge on any atom is 0.261 e. The third-order valence-electron chi connectivity index (χ3n) is 4.04. The zero-order chi connectivity index (χ0) is 17.2. The summed E-state index contributed by atoms with van der Waals surface area (Å²) >= 11 is 0. The number of carbonyl (C=O) groups excluding carboxylic acids is 1. The summed E-state index contributed by atoms with van der Waals surface area (Å²) in [5.74, 6) is -0.168. The number of anilines is 1. The first-order valence-electron chi connectivity index (χ1n) is 7.88. The van der Waals surface area contributed by atoms with Gasteiger partial charge in [-0.25, -0.2) is 4.98 Å². The second kappa shape index (κ2) is 6.20. The fourth-order valence-electron chi connectivity index (χ4n) is 2.73. The minimum atomic E-state index is -0.168. The van der Waals surface area contributed by atoms with Crippen molar-refractivity contribution in [2.45, 2.75) is 13.0 Å². The van der Waals surface area contributed by atoms with Crippen molar-refractivity contribution < 1.29 is 4.79 Å². The third kappa shape index (κ3) is 2.99. The number of rotatable bonds is 4. The summed E-state index contributed by atoms with van der Waals surface area (Å²) in [4.78, 5) is 28.8. The molecule has 0 aliphatic heterocycles. The van der Waals surface area contributed by atoms with Crippen LogP contribution in [-0.2, 0) is 11.3 Å². The predicted octanol–water partition coefficient (Wildman–Crippen LogP) is 2.30. The molecule has 0 bridgehead atoms. The van der Waals surface area contributed by atoms with Gasteiger partial charge in [0.15, 0.2) is 0 Å². The van der Waals surface area contributed by atoms with Crippen LogP contribution in [0, 0.1) is 0 Å². The highest BCUT2D eigenvalue weighted by Crippen LogP contribution is 2.16. The van der Waals surface area contributed by atoms with Gasteiger partial charge in [-0.15, -0.1) is 0 Å². The van der Waals surface area contributed by atoms with Crippen LogP contribution in [-0.4, -0.2) is 25.7 Å². The molecule has 4 rings (SSSR count). The Labute approximate surface area is 142 Å². The Morgan fingerprint density at radius 3 is 3.00 bits per heavy atom. The molecule has 4 aromatic rings. The smallest absolute Gasteiger partial charge is 0.261 e. The maximum absolute atomic E-state index is 12.4. The Morgan fingerprint density at radius 2 is 2.08 bits per heavy atom. The number of H-pyrrole nitrogens is 1. The van der Waals surface area contributed by atoms with Crippen molar-refractivity contribution in [1.82, 2.24) is 19.7 Å². The molecule has 7 nitrogen and oxygen atoms in total. The molecule has 1 amide bonds. The molecular formula is C18H15N5O2. The number of aromatic nitrogens is 4. The lowest BCUT2D eigenvalue weighted by molar-refractivity contribution is -0.116. The summed E-state index contributed by atoms with van der Waals surface area (Å²) in [6.45, 7) is 0.273. The van der Waals surface area contributed by atoms with Crippen molar-refractivity contribution in [1.29, 1.82) is 0 Å². The van der Waals surface area contributed by atoms with Crippen LogP contribution in [0.2, 0.25) is 0 Å². The maximum atomic E-state index is 12.4. The van der Waals surface area contributed by atoms with E-state index in [9.17, 15) is 9.59 Å². The van der Waals surface area contributed by atoms with E-state index in [1.165, 1.54) is 10.9 Å². The standard InChI is InChI=1S/C18H15N5O2/c24-17(21-13-6-5-12-10-20-22-16(12)9-13)7-8-23-11-19-15-4-2-1-3-14(15)18(23)25/h1-6,9-11H,7-8H2,(H,20,22)(H,21,24). The molecule has 124 valence electrons. The highest BCUT2D eigenvalue weighted by molar-refractivity contribution is 5.93. The number of fused-ring (bicyclic) bond motifs is 2. The number of benzene rings is 2. The van der Waals surface area contributed by atoms with Crippen LogP contribution in [0.25, 0.3) is 21.8 Å². The Hall–Kier alpha value is -3.48. The fourth-order valence-corrected chi connectivity index (χ4v) is 2.73. The van der Waals surface area contributed by atoms with Crippen LogP contribution in [0.3, 0.4) is 0 Å². The van der Waals surface area contributed by atoms with Crippen LogP contribution < -0.4 is 10.9 Å². The van der Waals surface area contributed by atoms with Crippen LogP contribution in [0.15, 0.2) is 59.8 Å². The van der Waals surface area contributed by atoms with E-state index in [1.807, 2.05) is 24.3 Å². The molecule has 2 aromatic heterocycles. The summed E-state index contributed by atoms with van der Waals surface area (Å²) in [7, 11) is 0. The first-order chi connectivity index (χ1) is 12.2. The normalized spacial score (nSPS) is 11.0. The largest absolute Gasteiger partial charge is 0.326 e. The Morgan fingerprint density at radius 1 is 1.20 bits per heavy atom. The number of aromatic amines is 1. The summed E-state index contributed by atoms with van der Waals surface area (Å²) in [5, 5.41) is 11.2. The fraction of sp³-hybridized carbons (Fsp3) is 0.111. The van der Waals surface area contributed by atoms with Gasteiger partial charge >= 0.3 is 0 Å². The zero-order valence-corrected chi connectivity index (χ0v) is 13.3. The van der Waals surface area contributed by atoms with Gasteiger partial charge in [0, 0.05) is 24.0 Å². The molecule has 0 aliphatic rings. The molecule has 0 spiro atoms. The molecule has 2 heterocycles. The van der Waals surface area contributed by atoms with Crippen LogP contribution >= 0.6 is 0 Å². The van der Waals surface area contributed by atoms with E-state index >= 15 is 0 Å². The number of hydrogen-bond acceptors (Lipinski definition) is 4. The predicted molar refractivity (Wildman–Crippen MR) is 95.3 cm³/mol. The van der Waals surface area contributed by atoms with E-state index in [4.69, 9.17) is 0 Å². The number of aryl methyl sites for hydroxylation is 1. The van der Waals surface area contributed by atoms with Gasteiger partial charge in [0.2, 0.25) is 5.91 Å². The van der Waals surface area contributed by atoms with Gasteiger partial charge in [0.25, 0.3) is 5.56 Å². The molecular weight excluding hydrogens is 318 g/mol. The lowest BCUT2D eigenvalue weighted by Gasteiger charge is -2.08. The summed E-state index contributed by atoms with van der Waals surface area (Å²) in [6.07, 6.45) is 3.38. The number of carbonyl (C=O) groups is 1. The number of nitrogens with zero attached hydrogens (tertiary/aromatic N) is 3. The second-order valence-electron chi connectivity index (χ2n) is 5.73. The summed E-state index contributed by atoms with van der Waals surface area (Å²) in [6, 6.07) is 12.7. The molecule has 0 atom stereocenters. The number of nitrogens with one attached hydrogen (secondary N) is 2. The SMILES string of the molecule is O=C(CCn1cnc2ccccc2c1=O)Nc1ccc2cn[nH]c2c1. The molecule has 2 aromatic carbocycles. The minimum Gasteiger partial charge on any atom is -0.326 e. The monoisotopic (exact) mass is 333 g/mol. The van der Waals surface area contributed by atoms with E-state index < -0.39 is 0 Å². The van der Waals surface area contributed by atoms with Gasteiger partial charge < -0.3 is 5.32 Å². The topological polar surface area (TPSA) is 92.7 Å². The molecule has 0 saturated heterocycles. The van der Waals surface area contributed by atoms with Crippen molar-refractivity contribution in [3.05, 3.63) is 65.3 Å². The molecule has 7 heteroatoms. The molecule has 0 radical (unpaired) electrons. The van der Waals surface area contributed by atoms with Gasteiger partial charge in [-0.2, -0.15) is 5.10 Å². The lowest BCUT2D eigenvalue weighted by atomic mass is 10.2. The lowest BCUT2D eigenvalue weighted by Crippen LogP contribution is -2.23. The highest BCUT2D eigenvalue weighted by Gasteiger charge is 2.07. The first-order valence-corrected chi connectivity index (χ1v) is 7.88. The third-order valence-corrected chi connectivity index (χ3v) is 4.04. The van der Waals surface area contributed by atoms with Crippen molar-refractivity contribution in [2.24, 2.45) is 0 Å². The Balaban J connectivity index is 1.46. The minimum absolute atomic E-state index is 0.141. The van der Waals surface area contributed by atoms with Crippen LogP contribution in [0.1, 0.15) is 6.42 Å². The van der Waals surface area contributed by atoms with Gasteiger partial charge in [-0.3, -0.25) is 19.3 Å². The van der Waals surface area contributed by atoms with E-state index in [1.54, 1.807) is 24.4 Å². The molecule has 0 saturated carbocycles. The van der Waals surface area contributed by atoms with Gasteiger partial charge in [0.05, 0.1) is 28.9 Å². The van der Waals surface area contributed by atoms with Gasteiger partial charge in [0.1, 0.15) is 0 Å². The molecule has 0 aliphatic carbocycles. The summed E-state index contributed by atoms with van der Waals surface area (Å²) < 4.78 is 1.46. The number of hydrogen-bond donors (Lipinski definition) is 2. The number of amides is 1. The quantitative estimate of drug-likeness (QED) is 0.599. The van der Waals surface area contributed by atoms with Gasteiger partial charge in [-0.1, -0.05) is 12.1 Å². The van der Waals surface area contributed by atoms with Gasteiger partial charge in [-0.05, 0) is 30.3 Å². The van der Waals surface area contributed by atoms with E-state index in [-0.39, 0.29) is 24.4 Å². The molecule has 0 fully saturated rings. The van der Waals surface area contributed by atoms with Crippen LogP contribution in [0.4, 0.5) is 5.69 Å². The summed E-state index contributed by atoms with van der Waals surface area (Å²) in [5.41, 5.74) is 2.05. The van der Waals surface area contributed by atoms with Crippen molar-refractivity contribution in [2.75, 3.05) is 5.32 Å². The van der Waals surface area contributed by atoms with Crippen molar-refractivity contribution in [3.8, 4) is 0 Å². The zero-order valence-electron chi connectivity index (χ0n) is 13.3. The average Bonchev–Trinajstić information content (AvgIpc) is 3.09. The first kappa shape index (κ1) is 15.1. The average molecular weight is 333 g/mol. The molecule has 0 unspecified atom stereocenters. The van der Waals surface area contributed by atoms with Crippen molar-refractivity contribution >= 4 is 33.4 Å². The molecule has 25 heavy (non-hydrogen) atoms. The van der Waals surface area contributed by atoms with E-state index in [0.29, 0.717) is 16.6 Å². The Bertz CT molecular complexity index is 1130. The molecule has 2 N–H and O–H groups in total. The number of para-hydroxylation sites is 1. The second-order valence-corrected chi connectivity index (χ2v) is 5.73. The van der Waals surface area contributed by atoms with Crippen molar-refractivity contribution in [3.63, 3.8) is 0 Å².